The van der Waals surface area contributed by atoms with E-state index in [-0.39, 0.29) is 11.8 Å². The van der Waals surface area contributed by atoms with Crippen molar-refractivity contribution in [1.82, 2.24) is 9.88 Å². The van der Waals surface area contributed by atoms with E-state index in [4.69, 9.17) is 0 Å². The van der Waals surface area contributed by atoms with E-state index in [1.165, 1.54) is 6.08 Å². The third-order valence-electron chi connectivity index (χ3n) is 4.09. The van der Waals surface area contributed by atoms with Crippen LogP contribution in [0, 0.1) is 0 Å². The summed E-state index contributed by atoms with van der Waals surface area (Å²) in [5.41, 5.74) is 2.54. The van der Waals surface area contributed by atoms with E-state index in [1.54, 1.807) is 0 Å². The molecule has 0 radical (unpaired) electrons. The van der Waals surface area contributed by atoms with Crippen LogP contribution in [0.5, 0.6) is 0 Å². The van der Waals surface area contributed by atoms with E-state index < -0.39 is 6.04 Å². The summed E-state index contributed by atoms with van der Waals surface area (Å²) in [6.45, 7) is 0. The van der Waals surface area contributed by atoms with Crippen molar-refractivity contribution in [2.24, 2.45) is 0 Å². The zero-order valence-corrected chi connectivity index (χ0v) is 12.3. The van der Waals surface area contributed by atoms with Crippen LogP contribution in [0.4, 0.5) is 0 Å². The molecule has 23 heavy (non-hydrogen) atoms. The molecule has 4 heteroatoms. The Bertz CT molecular complexity index is 938. The summed E-state index contributed by atoms with van der Waals surface area (Å²) in [5.74, 6) is -0.681. The molecular formula is C19H14N2O2. The molecule has 2 aromatic carbocycles. The van der Waals surface area contributed by atoms with Gasteiger partial charge >= 0.3 is 0 Å². The summed E-state index contributed by atoms with van der Waals surface area (Å²) in [6, 6.07) is 18.8. The largest absolute Gasteiger partial charge is 0.331 e. The zero-order valence-electron chi connectivity index (χ0n) is 12.3. The van der Waals surface area contributed by atoms with Gasteiger partial charge < -0.3 is 4.57 Å². The Morgan fingerprint density at radius 1 is 0.870 bits per heavy atom. The second-order valence-corrected chi connectivity index (χ2v) is 5.50. The normalized spacial score (nSPS) is 17.9. The number of para-hydroxylation sites is 1. The first-order valence-corrected chi connectivity index (χ1v) is 7.41. The first kappa shape index (κ1) is 13.5. The number of hydrogen-bond donors (Lipinski definition) is 1. The fourth-order valence-electron chi connectivity index (χ4n) is 3.06. The fourth-order valence-corrected chi connectivity index (χ4v) is 3.06. The molecule has 4 nitrogen and oxygen atoms in total. The smallest absolute Gasteiger partial charge is 0.254 e. The number of hydrogen-bond acceptors (Lipinski definition) is 2. The third kappa shape index (κ3) is 2.25. The van der Waals surface area contributed by atoms with Gasteiger partial charge in [-0.3, -0.25) is 14.9 Å². The quantitative estimate of drug-likeness (QED) is 0.740. The lowest BCUT2D eigenvalue weighted by Gasteiger charge is -2.25. The van der Waals surface area contributed by atoms with Crippen LogP contribution in [0.3, 0.4) is 0 Å². The topological polar surface area (TPSA) is 51.1 Å². The molecule has 0 saturated heterocycles. The first-order valence-electron chi connectivity index (χ1n) is 7.41. The van der Waals surface area contributed by atoms with Gasteiger partial charge in [-0.05, 0) is 28.7 Å². The fraction of sp³-hybridized carbons (Fsp3) is 0.0526. The molecule has 1 aliphatic heterocycles. The minimum Gasteiger partial charge on any atom is -0.331 e. The van der Waals surface area contributed by atoms with E-state index in [0.29, 0.717) is 5.57 Å². The second kappa shape index (κ2) is 5.25. The van der Waals surface area contributed by atoms with E-state index in [1.807, 2.05) is 71.4 Å². The Morgan fingerprint density at radius 2 is 1.61 bits per heavy atom. The van der Waals surface area contributed by atoms with E-state index >= 15 is 0 Å². The molecule has 0 bridgehead atoms. The number of carbonyl (C=O) groups is 2. The molecule has 0 spiro atoms. The molecule has 1 aliphatic rings. The molecule has 4 rings (SSSR count). The minimum atomic E-state index is -0.560. The van der Waals surface area contributed by atoms with Gasteiger partial charge in [0.05, 0.1) is 0 Å². The summed E-state index contributed by atoms with van der Waals surface area (Å²) in [6.07, 6.45) is 3.40. The molecule has 0 saturated carbocycles. The minimum absolute atomic E-state index is 0.308. The van der Waals surface area contributed by atoms with Gasteiger partial charge in [-0.1, -0.05) is 48.5 Å². The maximum absolute atomic E-state index is 12.5. The SMILES string of the molecule is O=C1C=C(c2ccccc2)C(n2ccc3ccccc32)C(=O)N1. The molecule has 1 N–H and O–H groups in total. The van der Waals surface area contributed by atoms with Crippen molar-refractivity contribution in [1.29, 1.82) is 0 Å². The van der Waals surface area contributed by atoms with Crippen molar-refractivity contribution in [2.75, 3.05) is 0 Å². The number of imide groups is 1. The van der Waals surface area contributed by atoms with Gasteiger partial charge in [0.1, 0.15) is 6.04 Å². The molecule has 0 aliphatic carbocycles. The number of aromatic nitrogens is 1. The molecular weight excluding hydrogens is 288 g/mol. The van der Waals surface area contributed by atoms with Crippen LogP contribution in [0.2, 0.25) is 0 Å². The van der Waals surface area contributed by atoms with Crippen molar-refractivity contribution in [2.45, 2.75) is 6.04 Å². The van der Waals surface area contributed by atoms with Gasteiger partial charge in [-0.15, -0.1) is 0 Å². The molecule has 2 heterocycles. The molecule has 1 atom stereocenters. The predicted molar refractivity (Wildman–Crippen MR) is 88.5 cm³/mol. The van der Waals surface area contributed by atoms with Crippen LogP contribution in [0.1, 0.15) is 11.6 Å². The van der Waals surface area contributed by atoms with Gasteiger partial charge in [0.25, 0.3) is 11.8 Å². The second-order valence-electron chi connectivity index (χ2n) is 5.50. The third-order valence-corrected chi connectivity index (χ3v) is 4.09. The molecule has 3 aromatic rings. The van der Waals surface area contributed by atoms with E-state index in [9.17, 15) is 9.59 Å². The van der Waals surface area contributed by atoms with E-state index in [2.05, 4.69) is 5.32 Å². The Morgan fingerprint density at radius 3 is 2.43 bits per heavy atom. The number of rotatable bonds is 2. The lowest BCUT2D eigenvalue weighted by atomic mass is 9.94. The van der Waals surface area contributed by atoms with Crippen LogP contribution < -0.4 is 5.32 Å². The summed E-state index contributed by atoms with van der Waals surface area (Å²) < 4.78 is 1.91. The van der Waals surface area contributed by atoms with E-state index in [0.717, 1.165) is 16.5 Å². The Hall–Kier alpha value is -3.14. The molecule has 0 fully saturated rings. The summed E-state index contributed by atoms with van der Waals surface area (Å²) in [4.78, 5) is 24.4. The number of nitrogens with zero attached hydrogens (tertiary/aromatic N) is 1. The number of benzene rings is 2. The number of fused-ring (bicyclic) bond motifs is 1. The molecule has 1 unspecified atom stereocenters. The van der Waals surface area contributed by atoms with Crippen LogP contribution in [-0.4, -0.2) is 16.4 Å². The van der Waals surface area contributed by atoms with Gasteiger partial charge in [0, 0.05) is 17.8 Å². The van der Waals surface area contributed by atoms with Crippen molar-refractivity contribution >= 4 is 28.3 Å². The van der Waals surface area contributed by atoms with Crippen molar-refractivity contribution in [3.63, 3.8) is 0 Å². The maximum atomic E-state index is 12.5. The van der Waals surface area contributed by atoms with Gasteiger partial charge in [-0.2, -0.15) is 0 Å². The molecule has 2 amide bonds. The van der Waals surface area contributed by atoms with Gasteiger partial charge in [0.2, 0.25) is 0 Å². The Kier molecular flexibility index (Phi) is 3.08. The standard InChI is InChI=1S/C19H14N2O2/c22-17-12-15(13-6-2-1-3-7-13)18(19(23)20-17)21-11-10-14-8-4-5-9-16(14)21/h1-12,18H,(H,20,22,23). The van der Waals surface area contributed by atoms with Crippen LogP contribution >= 0.6 is 0 Å². The zero-order chi connectivity index (χ0) is 15.8. The van der Waals surface area contributed by atoms with Crippen LogP contribution in [-0.2, 0) is 9.59 Å². The number of amides is 2. The Balaban J connectivity index is 1.92. The summed E-state index contributed by atoms with van der Waals surface area (Å²) in [5, 5.41) is 3.47. The molecule has 1 aromatic heterocycles. The molecule has 112 valence electrons. The lowest BCUT2D eigenvalue weighted by Crippen LogP contribution is -2.40. The van der Waals surface area contributed by atoms with Crippen molar-refractivity contribution in [3.05, 3.63) is 78.5 Å². The lowest BCUT2D eigenvalue weighted by molar-refractivity contribution is -0.129. The predicted octanol–water partition coefficient (Wildman–Crippen LogP) is 2.92. The average Bonchev–Trinajstić information content (AvgIpc) is 2.99. The number of carbonyl (C=O) groups excluding carboxylic acids is 2. The number of nitrogens with one attached hydrogen (secondary N) is 1. The highest BCUT2D eigenvalue weighted by Crippen LogP contribution is 2.33. The average molecular weight is 302 g/mol. The maximum Gasteiger partial charge on any atom is 0.254 e. The first-order chi connectivity index (χ1) is 11.2. The summed E-state index contributed by atoms with van der Waals surface area (Å²) >= 11 is 0. The van der Waals surface area contributed by atoms with Gasteiger partial charge in [0.15, 0.2) is 0 Å². The highest BCUT2D eigenvalue weighted by Gasteiger charge is 2.31. The van der Waals surface area contributed by atoms with Gasteiger partial charge in [-0.25, -0.2) is 0 Å². The highest BCUT2D eigenvalue weighted by atomic mass is 16.2. The monoisotopic (exact) mass is 302 g/mol. The van der Waals surface area contributed by atoms with Crippen LogP contribution in [0.25, 0.3) is 16.5 Å². The van der Waals surface area contributed by atoms with Crippen LogP contribution in [0.15, 0.2) is 72.9 Å². The highest BCUT2D eigenvalue weighted by molar-refractivity contribution is 6.14. The summed E-state index contributed by atoms with van der Waals surface area (Å²) in [7, 11) is 0. The van der Waals surface area contributed by atoms with Crippen molar-refractivity contribution < 1.29 is 9.59 Å². The Labute approximate surface area is 133 Å². The van der Waals surface area contributed by atoms with Crippen molar-refractivity contribution in [3.8, 4) is 0 Å².